The molecule has 3 fully saturated rings. The summed E-state index contributed by atoms with van der Waals surface area (Å²) in [6.07, 6.45) is 9.98. The van der Waals surface area contributed by atoms with E-state index in [0.717, 1.165) is 30.2 Å². The van der Waals surface area contributed by atoms with Gasteiger partial charge in [0.05, 0.1) is 0 Å². The molecule has 3 unspecified atom stereocenters. The van der Waals surface area contributed by atoms with Gasteiger partial charge >= 0.3 is 0 Å². The largest absolute Gasteiger partial charge is 0.329 e. The van der Waals surface area contributed by atoms with Crippen LogP contribution in [0, 0.1) is 23.7 Å². The molecule has 0 aromatic rings. The van der Waals surface area contributed by atoms with Crippen LogP contribution in [0.15, 0.2) is 0 Å². The van der Waals surface area contributed by atoms with Crippen molar-refractivity contribution in [3.05, 3.63) is 0 Å². The van der Waals surface area contributed by atoms with Crippen LogP contribution < -0.4 is 5.73 Å². The molecule has 2 heteroatoms. The minimum absolute atomic E-state index is 0.322. The van der Waals surface area contributed by atoms with E-state index in [1.807, 2.05) is 0 Å². The Balaban J connectivity index is 1.76. The summed E-state index contributed by atoms with van der Waals surface area (Å²) in [6.45, 7) is 8.45. The summed E-state index contributed by atoms with van der Waals surface area (Å²) in [5.41, 5.74) is 6.66. The average Bonchev–Trinajstić information content (AvgIpc) is 3.26. The SMILES string of the molecule is CC1CCC(C)C(CN)(N(CC2CC2)CC2CC2)C1. The molecule has 3 saturated carbocycles. The first kappa shape index (κ1) is 13.9. The molecule has 3 rings (SSSR count). The van der Waals surface area contributed by atoms with Gasteiger partial charge in [0.1, 0.15) is 0 Å². The monoisotopic (exact) mass is 264 g/mol. The number of nitrogens with two attached hydrogens (primary N) is 1. The van der Waals surface area contributed by atoms with Crippen molar-refractivity contribution >= 4 is 0 Å². The minimum atomic E-state index is 0.322. The first-order valence-electron chi connectivity index (χ1n) is 8.59. The molecule has 19 heavy (non-hydrogen) atoms. The molecule has 0 aliphatic heterocycles. The van der Waals surface area contributed by atoms with Gasteiger partial charge in [-0.15, -0.1) is 0 Å². The molecule has 3 aliphatic rings. The summed E-state index contributed by atoms with van der Waals surface area (Å²) >= 11 is 0. The van der Waals surface area contributed by atoms with Crippen LogP contribution in [0.2, 0.25) is 0 Å². The lowest BCUT2D eigenvalue weighted by Crippen LogP contribution is -2.61. The molecular weight excluding hydrogens is 232 g/mol. The normalized spacial score (nSPS) is 39.8. The zero-order chi connectivity index (χ0) is 13.5. The number of hydrogen-bond acceptors (Lipinski definition) is 2. The van der Waals surface area contributed by atoms with Gasteiger partial charge in [0, 0.05) is 25.2 Å². The van der Waals surface area contributed by atoms with Gasteiger partial charge in [-0.3, -0.25) is 4.90 Å². The molecule has 0 aromatic carbocycles. The Labute approximate surface area is 119 Å². The maximum atomic E-state index is 6.34. The van der Waals surface area contributed by atoms with Gasteiger partial charge in [0.15, 0.2) is 0 Å². The maximum absolute atomic E-state index is 6.34. The highest BCUT2D eigenvalue weighted by Crippen LogP contribution is 2.44. The third-order valence-electron chi connectivity index (χ3n) is 6.05. The van der Waals surface area contributed by atoms with Crippen molar-refractivity contribution in [2.24, 2.45) is 29.4 Å². The summed E-state index contributed by atoms with van der Waals surface area (Å²) < 4.78 is 0. The van der Waals surface area contributed by atoms with Crippen molar-refractivity contribution < 1.29 is 0 Å². The predicted molar refractivity (Wildman–Crippen MR) is 81.0 cm³/mol. The molecule has 0 amide bonds. The lowest BCUT2D eigenvalue weighted by Gasteiger charge is -2.52. The minimum Gasteiger partial charge on any atom is -0.329 e. The Bertz CT molecular complexity index is 294. The molecule has 0 spiro atoms. The molecule has 3 aliphatic carbocycles. The topological polar surface area (TPSA) is 29.3 Å². The summed E-state index contributed by atoms with van der Waals surface area (Å²) in [7, 11) is 0. The van der Waals surface area contributed by atoms with E-state index < -0.39 is 0 Å². The number of hydrogen-bond donors (Lipinski definition) is 1. The molecule has 2 N–H and O–H groups in total. The Hall–Kier alpha value is -0.0800. The van der Waals surface area contributed by atoms with Crippen molar-refractivity contribution in [2.75, 3.05) is 19.6 Å². The Morgan fingerprint density at radius 3 is 2.00 bits per heavy atom. The first-order valence-corrected chi connectivity index (χ1v) is 8.59. The molecule has 110 valence electrons. The summed E-state index contributed by atoms with van der Waals surface area (Å²) in [4.78, 5) is 2.86. The molecule has 0 bridgehead atoms. The zero-order valence-corrected chi connectivity index (χ0v) is 12.9. The van der Waals surface area contributed by atoms with Crippen LogP contribution in [-0.4, -0.2) is 30.1 Å². The lowest BCUT2D eigenvalue weighted by atomic mass is 9.68. The number of rotatable bonds is 6. The zero-order valence-electron chi connectivity index (χ0n) is 12.9. The van der Waals surface area contributed by atoms with Crippen LogP contribution in [-0.2, 0) is 0 Å². The highest BCUT2D eigenvalue weighted by atomic mass is 15.2. The molecule has 0 aromatic heterocycles. The standard InChI is InChI=1S/C17H32N2/c1-13-3-4-14(2)17(9-13,12-18)19(10-15-5-6-15)11-16-7-8-16/h13-16H,3-12,18H2,1-2H3. The highest BCUT2D eigenvalue weighted by molar-refractivity contribution is 5.02. The van der Waals surface area contributed by atoms with E-state index in [2.05, 4.69) is 18.7 Å². The van der Waals surface area contributed by atoms with Crippen molar-refractivity contribution in [3.63, 3.8) is 0 Å². The first-order chi connectivity index (χ1) is 9.14. The van der Waals surface area contributed by atoms with Crippen LogP contribution in [0.5, 0.6) is 0 Å². The molecule has 0 radical (unpaired) electrons. The molecule has 3 atom stereocenters. The van der Waals surface area contributed by atoms with Crippen molar-refractivity contribution in [2.45, 2.75) is 64.3 Å². The van der Waals surface area contributed by atoms with Gasteiger partial charge in [0.2, 0.25) is 0 Å². The third-order valence-corrected chi connectivity index (χ3v) is 6.05. The fourth-order valence-corrected chi connectivity index (χ4v) is 4.23. The second kappa shape index (κ2) is 5.37. The van der Waals surface area contributed by atoms with E-state index in [1.165, 1.54) is 58.0 Å². The lowest BCUT2D eigenvalue weighted by molar-refractivity contribution is -0.0101. The maximum Gasteiger partial charge on any atom is 0.0359 e. The van der Waals surface area contributed by atoms with Crippen molar-refractivity contribution in [1.82, 2.24) is 4.90 Å². The molecule has 0 saturated heterocycles. The van der Waals surface area contributed by atoms with Crippen LogP contribution in [0.1, 0.15) is 58.8 Å². The van der Waals surface area contributed by atoms with E-state index in [4.69, 9.17) is 5.73 Å². The van der Waals surface area contributed by atoms with Gasteiger partial charge in [0.25, 0.3) is 0 Å². The van der Waals surface area contributed by atoms with Crippen molar-refractivity contribution in [1.29, 1.82) is 0 Å². The Morgan fingerprint density at radius 2 is 1.53 bits per heavy atom. The quantitative estimate of drug-likeness (QED) is 0.798. The van der Waals surface area contributed by atoms with Gasteiger partial charge in [-0.1, -0.05) is 20.3 Å². The second-order valence-electron chi connectivity index (χ2n) is 7.89. The van der Waals surface area contributed by atoms with Crippen LogP contribution in [0.3, 0.4) is 0 Å². The van der Waals surface area contributed by atoms with Crippen LogP contribution in [0.25, 0.3) is 0 Å². The highest BCUT2D eigenvalue weighted by Gasteiger charge is 2.46. The average molecular weight is 264 g/mol. The van der Waals surface area contributed by atoms with Crippen molar-refractivity contribution in [3.8, 4) is 0 Å². The Morgan fingerprint density at radius 1 is 0.947 bits per heavy atom. The van der Waals surface area contributed by atoms with Crippen LogP contribution in [0.4, 0.5) is 0 Å². The Kier molecular flexibility index (Phi) is 3.92. The molecule has 2 nitrogen and oxygen atoms in total. The summed E-state index contributed by atoms with van der Waals surface area (Å²) in [5.74, 6) is 3.63. The second-order valence-corrected chi connectivity index (χ2v) is 7.89. The van der Waals surface area contributed by atoms with E-state index in [-0.39, 0.29) is 0 Å². The number of nitrogens with zero attached hydrogens (tertiary/aromatic N) is 1. The fraction of sp³-hybridized carbons (Fsp3) is 1.00. The van der Waals surface area contributed by atoms with Gasteiger partial charge < -0.3 is 5.73 Å². The van der Waals surface area contributed by atoms with E-state index in [1.54, 1.807) is 0 Å². The predicted octanol–water partition coefficient (Wildman–Crippen LogP) is 3.26. The van der Waals surface area contributed by atoms with Crippen LogP contribution >= 0.6 is 0 Å². The van der Waals surface area contributed by atoms with E-state index in [0.29, 0.717) is 5.54 Å². The van der Waals surface area contributed by atoms with Gasteiger partial charge in [-0.05, 0) is 62.2 Å². The summed E-state index contributed by atoms with van der Waals surface area (Å²) in [6, 6.07) is 0. The van der Waals surface area contributed by atoms with Gasteiger partial charge in [-0.25, -0.2) is 0 Å². The fourth-order valence-electron chi connectivity index (χ4n) is 4.23. The molecule has 0 heterocycles. The van der Waals surface area contributed by atoms with E-state index in [9.17, 15) is 0 Å². The molecular formula is C17H32N2. The summed E-state index contributed by atoms with van der Waals surface area (Å²) in [5, 5.41) is 0. The van der Waals surface area contributed by atoms with E-state index >= 15 is 0 Å². The third kappa shape index (κ3) is 3.00. The van der Waals surface area contributed by atoms with Gasteiger partial charge in [-0.2, -0.15) is 0 Å². The smallest absolute Gasteiger partial charge is 0.0359 e.